The maximum atomic E-state index is 12.4. The molecule has 3 rings (SSSR count). The Hall–Kier alpha value is -1.84. The van der Waals surface area contributed by atoms with Crippen molar-refractivity contribution >= 4 is 23.2 Å². The van der Waals surface area contributed by atoms with E-state index in [9.17, 15) is 4.79 Å². The number of rotatable bonds is 4. The topological polar surface area (TPSA) is 32.3 Å². The number of hydrogen-bond donors (Lipinski definition) is 1. The van der Waals surface area contributed by atoms with Crippen LogP contribution in [0.5, 0.6) is 0 Å². The predicted molar refractivity (Wildman–Crippen MR) is 95.0 cm³/mol. The molecule has 3 nitrogen and oxygen atoms in total. The van der Waals surface area contributed by atoms with Crippen LogP contribution in [0.1, 0.15) is 29.2 Å². The summed E-state index contributed by atoms with van der Waals surface area (Å²) >= 11 is 6.00. The van der Waals surface area contributed by atoms with Crippen LogP contribution in [0.15, 0.2) is 42.5 Å². The first-order chi connectivity index (χ1) is 11.0. The lowest BCUT2D eigenvalue weighted by atomic mass is 10.1. The first-order valence-corrected chi connectivity index (χ1v) is 8.26. The lowest BCUT2D eigenvalue weighted by Crippen LogP contribution is -2.32. The van der Waals surface area contributed by atoms with Crippen molar-refractivity contribution < 1.29 is 4.79 Å². The molecule has 0 spiro atoms. The van der Waals surface area contributed by atoms with Gasteiger partial charge in [0.15, 0.2) is 0 Å². The van der Waals surface area contributed by atoms with Crippen LogP contribution in [0.3, 0.4) is 0 Å². The van der Waals surface area contributed by atoms with Crippen molar-refractivity contribution in [3.63, 3.8) is 0 Å². The van der Waals surface area contributed by atoms with Crippen molar-refractivity contribution in [2.45, 2.75) is 25.8 Å². The molecule has 0 saturated heterocycles. The van der Waals surface area contributed by atoms with E-state index in [4.69, 9.17) is 11.6 Å². The molecule has 0 fully saturated rings. The molecule has 4 heteroatoms. The zero-order chi connectivity index (χ0) is 16.4. The molecule has 1 aliphatic carbocycles. The normalized spacial score (nSPS) is 16.4. The average Bonchev–Trinajstić information content (AvgIpc) is 2.95. The van der Waals surface area contributed by atoms with Crippen LogP contribution in [0.25, 0.3) is 0 Å². The van der Waals surface area contributed by atoms with Gasteiger partial charge in [-0.1, -0.05) is 41.9 Å². The number of benzene rings is 2. The van der Waals surface area contributed by atoms with Gasteiger partial charge in [0.25, 0.3) is 0 Å². The highest BCUT2D eigenvalue weighted by molar-refractivity contribution is 6.31. The van der Waals surface area contributed by atoms with Gasteiger partial charge in [-0.2, -0.15) is 0 Å². The summed E-state index contributed by atoms with van der Waals surface area (Å²) in [4.78, 5) is 14.5. The van der Waals surface area contributed by atoms with E-state index in [1.165, 1.54) is 11.1 Å². The molecule has 1 amide bonds. The molecule has 1 N–H and O–H groups in total. The summed E-state index contributed by atoms with van der Waals surface area (Å²) in [6, 6.07) is 14.3. The van der Waals surface area contributed by atoms with Crippen LogP contribution in [-0.2, 0) is 11.2 Å². The molecule has 1 aliphatic rings. The van der Waals surface area contributed by atoms with E-state index >= 15 is 0 Å². The summed E-state index contributed by atoms with van der Waals surface area (Å²) in [5.41, 5.74) is 4.54. The lowest BCUT2D eigenvalue weighted by Gasteiger charge is -2.24. The Bertz CT molecular complexity index is 729. The first kappa shape index (κ1) is 16.0. The molecule has 0 saturated carbocycles. The number of carbonyl (C=O) groups is 1. The highest BCUT2D eigenvalue weighted by Gasteiger charge is 2.26. The Morgan fingerprint density at radius 2 is 2.09 bits per heavy atom. The summed E-state index contributed by atoms with van der Waals surface area (Å²) in [5, 5.41) is 3.59. The van der Waals surface area contributed by atoms with Crippen molar-refractivity contribution in [3.8, 4) is 0 Å². The van der Waals surface area contributed by atoms with E-state index in [-0.39, 0.29) is 5.91 Å². The van der Waals surface area contributed by atoms with Crippen molar-refractivity contribution in [2.75, 3.05) is 18.9 Å². The number of carbonyl (C=O) groups excluding carboxylic acids is 1. The van der Waals surface area contributed by atoms with Crippen LogP contribution in [0, 0.1) is 6.92 Å². The number of amides is 1. The van der Waals surface area contributed by atoms with Crippen molar-refractivity contribution in [1.29, 1.82) is 0 Å². The highest BCUT2D eigenvalue weighted by atomic mass is 35.5. The summed E-state index contributed by atoms with van der Waals surface area (Å²) in [7, 11) is 2.01. The molecule has 0 aromatic heterocycles. The summed E-state index contributed by atoms with van der Waals surface area (Å²) in [6.07, 6.45) is 2.15. The molecular formula is C19H21ClN2O. The van der Waals surface area contributed by atoms with E-state index in [1.807, 2.05) is 26.1 Å². The van der Waals surface area contributed by atoms with Crippen LogP contribution in [0.4, 0.5) is 5.69 Å². The van der Waals surface area contributed by atoms with Gasteiger partial charge in [-0.25, -0.2) is 0 Å². The Morgan fingerprint density at radius 3 is 2.91 bits per heavy atom. The van der Waals surface area contributed by atoms with Gasteiger partial charge in [-0.3, -0.25) is 9.69 Å². The third-order valence-corrected chi connectivity index (χ3v) is 4.74. The zero-order valence-corrected chi connectivity index (χ0v) is 14.2. The minimum Gasteiger partial charge on any atom is -0.325 e. The van der Waals surface area contributed by atoms with Gasteiger partial charge in [0.1, 0.15) is 0 Å². The Kier molecular flexibility index (Phi) is 4.69. The molecule has 1 unspecified atom stereocenters. The number of halogens is 1. The number of fused-ring (bicyclic) bond motifs is 1. The molecule has 2 aromatic rings. The van der Waals surface area contributed by atoms with Gasteiger partial charge in [0.05, 0.1) is 6.54 Å². The van der Waals surface area contributed by atoms with Crippen LogP contribution < -0.4 is 5.32 Å². The second kappa shape index (κ2) is 6.73. The minimum absolute atomic E-state index is 0.0118. The fourth-order valence-corrected chi connectivity index (χ4v) is 3.42. The van der Waals surface area contributed by atoms with E-state index in [0.717, 1.165) is 24.1 Å². The monoisotopic (exact) mass is 328 g/mol. The maximum absolute atomic E-state index is 12.4. The molecule has 120 valence electrons. The molecule has 1 atom stereocenters. The molecular weight excluding hydrogens is 308 g/mol. The van der Waals surface area contributed by atoms with Crippen molar-refractivity contribution in [1.82, 2.24) is 4.90 Å². The number of hydrogen-bond acceptors (Lipinski definition) is 2. The standard InChI is InChI=1S/C19H21ClN2O/c1-13-7-9-15(20)11-17(13)21-19(23)12-22(2)18-10-8-14-5-3-4-6-16(14)18/h3-7,9,11,18H,8,10,12H2,1-2H3,(H,21,23). The van der Waals surface area contributed by atoms with Gasteiger partial charge >= 0.3 is 0 Å². The molecule has 23 heavy (non-hydrogen) atoms. The SMILES string of the molecule is Cc1ccc(Cl)cc1NC(=O)CN(C)C1CCc2ccccc21. The van der Waals surface area contributed by atoms with Crippen LogP contribution in [0.2, 0.25) is 5.02 Å². The largest absolute Gasteiger partial charge is 0.325 e. The van der Waals surface area contributed by atoms with Gasteiger partial charge < -0.3 is 5.32 Å². The Balaban J connectivity index is 1.65. The van der Waals surface area contributed by atoms with Gasteiger partial charge in [0.2, 0.25) is 5.91 Å². The fourth-order valence-electron chi connectivity index (χ4n) is 3.25. The molecule has 0 heterocycles. The lowest BCUT2D eigenvalue weighted by molar-refractivity contribution is -0.117. The van der Waals surface area contributed by atoms with Gasteiger partial charge in [-0.15, -0.1) is 0 Å². The van der Waals surface area contributed by atoms with Crippen molar-refractivity contribution in [2.24, 2.45) is 0 Å². The summed E-state index contributed by atoms with van der Waals surface area (Å²) in [5.74, 6) is -0.0118. The number of nitrogens with zero attached hydrogens (tertiary/aromatic N) is 1. The van der Waals surface area contributed by atoms with Crippen molar-refractivity contribution in [3.05, 3.63) is 64.2 Å². The highest BCUT2D eigenvalue weighted by Crippen LogP contribution is 2.34. The second-order valence-electron chi connectivity index (χ2n) is 6.18. The average molecular weight is 329 g/mol. The second-order valence-corrected chi connectivity index (χ2v) is 6.61. The quantitative estimate of drug-likeness (QED) is 0.912. The smallest absolute Gasteiger partial charge is 0.238 e. The van der Waals surface area contributed by atoms with E-state index in [1.54, 1.807) is 6.07 Å². The summed E-state index contributed by atoms with van der Waals surface area (Å²) < 4.78 is 0. The van der Waals surface area contributed by atoms with E-state index < -0.39 is 0 Å². The number of anilines is 1. The third kappa shape index (κ3) is 3.57. The predicted octanol–water partition coefficient (Wildman–Crippen LogP) is 4.21. The first-order valence-electron chi connectivity index (χ1n) is 7.88. The Labute approximate surface area is 142 Å². The van der Waals surface area contributed by atoms with E-state index in [2.05, 4.69) is 34.5 Å². The van der Waals surface area contributed by atoms with Gasteiger partial charge in [0, 0.05) is 16.8 Å². The summed E-state index contributed by atoms with van der Waals surface area (Å²) in [6.45, 7) is 2.33. The maximum Gasteiger partial charge on any atom is 0.238 e. The van der Waals surface area contributed by atoms with Crippen LogP contribution >= 0.6 is 11.6 Å². The van der Waals surface area contributed by atoms with Gasteiger partial charge in [-0.05, 0) is 55.6 Å². The number of aryl methyl sites for hydroxylation is 2. The number of likely N-dealkylation sites (N-methyl/N-ethyl adjacent to an activating group) is 1. The fraction of sp³-hybridized carbons (Fsp3) is 0.316. The molecule has 2 aromatic carbocycles. The molecule has 0 radical (unpaired) electrons. The zero-order valence-electron chi connectivity index (χ0n) is 13.5. The Morgan fingerprint density at radius 1 is 1.30 bits per heavy atom. The van der Waals surface area contributed by atoms with E-state index in [0.29, 0.717) is 17.6 Å². The molecule has 0 aliphatic heterocycles. The number of nitrogens with one attached hydrogen (secondary N) is 1. The minimum atomic E-state index is -0.0118. The molecule has 0 bridgehead atoms. The third-order valence-electron chi connectivity index (χ3n) is 4.50. The van der Waals surface area contributed by atoms with Crippen LogP contribution in [-0.4, -0.2) is 24.4 Å².